The number of halogens is 1. The van der Waals surface area contributed by atoms with Crippen molar-refractivity contribution >= 4 is 17.5 Å². The number of rotatable bonds is 4. The van der Waals surface area contributed by atoms with E-state index in [1.54, 1.807) is 6.07 Å². The van der Waals surface area contributed by atoms with Crippen molar-refractivity contribution in [1.82, 2.24) is 5.32 Å². The lowest BCUT2D eigenvalue weighted by atomic mass is 9.94. The minimum atomic E-state index is -0.513. The molecule has 4 heteroatoms. The van der Waals surface area contributed by atoms with E-state index in [1.807, 2.05) is 56.3 Å². The molecule has 3 N–H and O–H groups in total. The Balaban J connectivity index is 2.21. The highest BCUT2D eigenvalue weighted by Crippen LogP contribution is 2.23. The summed E-state index contributed by atoms with van der Waals surface area (Å²) in [6.45, 7) is 4.31. The summed E-state index contributed by atoms with van der Waals surface area (Å²) in [5.74, 6) is -0.129. The van der Waals surface area contributed by atoms with Gasteiger partial charge in [0.1, 0.15) is 0 Å². The summed E-state index contributed by atoms with van der Waals surface area (Å²) in [4.78, 5) is 12.4. The van der Waals surface area contributed by atoms with Crippen molar-refractivity contribution in [2.45, 2.75) is 25.9 Å². The van der Waals surface area contributed by atoms with Gasteiger partial charge in [-0.05, 0) is 49.2 Å². The van der Waals surface area contributed by atoms with Crippen LogP contribution in [-0.2, 0) is 12.1 Å². The fourth-order valence-electron chi connectivity index (χ4n) is 2.14. The van der Waals surface area contributed by atoms with Crippen molar-refractivity contribution in [1.29, 1.82) is 0 Å². The van der Waals surface area contributed by atoms with Gasteiger partial charge in [-0.1, -0.05) is 35.9 Å². The number of nitrogens with two attached hydrogens (primary N) is 1. The van der Waals surface area contributed by atoms with Crippen LogP contribution < -0.4 is 11.1 Å². The number of carbonyl (C=O) groups excluding carboxylic acids is 1. The number of hydrogen-bond acceptors (Lipinski definition) is 2. The summed E-state index contributed by atoms with van der Waals surface area (Å²) in [5, 5.41) is 3.68. The normalized spacial score (nSPS) is 11.2. The quantitative estimate of drug-likeness (QED) is 0.908. The Bertz CT molecular complexity index is 653. The van der Waals surface area contributed by atoms with E-state index in [1.165, 1.54) is 0 Å². The lowest BCUT2D eigenvalue weighted by molar-refractivity contribution is 0.0912. The Morgan fingerprint density at radius 3 is 2.57 bits per heavy atom. The van der Waals surface area contributed by atoms with Crippen LogP contribution in [0.5, 0.6) is 0 Å². The molecule has 0 spiro atoms. The highest BCUT2D eigenvalue weighted by Gasteiger charge is 2.23. The SMILES string of the molecule is CC(C)(NC(=O)c1cccc(CN)c1)c1cccc(Cl)c1. The molecule has 2 rings (SSSR count). The van der Waals surface area contributed by atoms with Gasteiger partial charge in [-0.25, -0.2) is 0 Å². The first-order chi connectivity index (χ1) is 9.92. The van der Waals surface area contributed by atoms with Gasteiger partial charge in [-0.15, -0.1) is 0 Å². The first-order valence-corrected chi connectivity index (χ1v) is 7.18. The maximum Gasteiger partial charge on any atom is 0.251 e. The molecule has 1 amide bonds. The molecule has 21 heavy (non-hydrogen) atoms. The second kappa shape index (κ2) is 6.29. The van der Waals surface area contributed by atoms with Crippen molar-refractivity contribution in [2.24, 2.45) is 5.73 Å². The minimum Gasteiger partial charge on any atom is -0.343 e. The van der Waals surface area contributed by atoms with Crippen molar-refractivity contribution < 1.29 is 4.79 Å². The van der Waals surface area contributed by atoms with Crippen LogP contribution in [0.25, 0.3) is 0 Å². The fraction of sp³-hybridized carbons (Fsp3) is 0.235. The summed E-state index contributed by atoms with van der Waals surface area (Å²) >= 11 is 6.02. The predicted molar refractivity (Wildman–Crippen MR) is 86.3 cm³/mol. The lowest BCUT2D eigenvalue weighted by Crippen LogP contribution is -2.41. The molecule has 0 saturated carbocycles. The first-order valence-electron chi connectivity index (χ1n) is 6.80. The van der Waals surface area contributed by atoms with Gasteiger partial charge < -0.3 is 11.1 Å². The summed E-state index contributed by atoms with van der Waals surface area (Å²) in [5.41, 5.74) is 7.59. The van der Waals surface area contributed by atoms with Crippen molar-refractivity contribution in [3.8, 4) is 0 Å². The van der Waals surface area contributed by atoms with Crippen LogP contribution >= 0.6 is 11.6 Å². The molecule has 2 aromatic carbocycles. The van der Waals surface area contributed by atoms with Gasteiger partial charge in [-0.3, -0.25) is 4.79 Å². The zero-order chi connectivity index (χ0) is 15.5. The second-order valence-corrected chi connectivity index (χ2v) is 5.93. The van der Waals surface area contributed by atoms with E-state index in [4.69, 9.17) is 17.3 Å². The van der Waals surface area contributed by atoms with Gasteiger partial charge in [0.05, 0.1) is 5.54 Å². The molecule has 0 bridgehead atoms. The number of nitrogens with one attached hydrogen (secondary N) is 1. The van der Waals surface area contributed by atoms with Gasteiger partial charge in [0.15, 0.2) is 0 Å². The van der Waals surface area contributed by atoms with Crippen molar-refractivity contribution in [2.75, 3.05) is 0 Å². The summed E-state index contributed by atoms with van der Waals surface area (Å²) in [7, 11) is 0. The standard InChI is InChI=1S/C17H19ClN2O/c1-17(2,14-7-4-8-15(18)10-14)20-16(21)13-6-3-5-12(9-13)11-19/h3-10H,11,19H2,1-2H3,(H,20,21). The molecule has 0 saturated heterocycles. The smallest absolute Gasteiger partial charge is 0.251 e. The van der Waals surface area contributed by atoms with E-state index in [0.717, 1.165) is 11.1 Å². The van der Waals surface area contributed by atoms with Crippen LogP contribution in [-0.4, -0.2) is 5.91 Å². The molecule has 0 atom stereocenters. The van der Waals surface area contributed by atoms with Crippen LogP contribution in [0.2, 0.25) is 5.02 Å². The molecule has 0 fully saturated rings. The third kappa shape index (κ3) is 3.84. The maximum absolute atomic E-state index is 12.4. The third-order valence-electron chi connectivity index (χ3n) is 3.40. The van der Waals surface area contributed by atoms with Crippen LogP contribution in [0.3, 0.4) is 0 Å². The van der Waals surface area contributed by atoms with Crippen molar-refractivity contribution in [3.05, 3.63) is 70.2 Å². The third-order valence-corrected chi connectivity index (χ3v) is 3.63. The Morgan fingerprint density at radius 2 is 1.90 bits per heavy atom. The molecule has 110 valence electrons. The summed E-state index contributed by atoms with van der Waals surface area (Å²) in [6, 6.07) is 14.8. The zero-order valence-electron chi connectivity index (χ0n) is 12.2. The van der Waals surface area contributed by atoms with Gasteiger partial charge in [0.25, 0.3) is 5.91 Å². The van der Waals surface area contributed by atoms with Crippen LogP contribution in [0.15, 0.2) is 48.5 Å². The van der Waals surface area contributed by atoms with E-state index in [9.17, 15) is 4.79 Å². The van der Waals surface area contributed by atoms with Crippen LogP contribution in [0.4, 0.5) is 0 Å². The molecule has 0 aliphatic rings. The maximum atomic E-state index is 12.4. The monoisotopic (exact) mass is 302 g/mol. The van der Waals surface area contributed by atoms with E-state index in [0.29, 0.717) is 17.1 Å². The summed E-state index contributed by atoms with van der Waals surface area (Å²) < 4.78 is 0. The minimum absolute atomic E-state index is 0.129. The van der Waals surface area contributed by atoms with Crippen LogP contribution in [0, 0.1) is 0 Å². The average molecular weight is 303 g/mol. The van der Waals surface area contributed by atoms with Gasteiger partial charge in [0, 0.05) is 17.1 Å². The number of hydrogen-bond donors (Lipinski definition) is 2. The Hall–Kier alpha value is -1.84. The van der Waals surface area contributed by atoms with E-state index < -0.39 is 5.54 Å². The molecule has 0 heterocycles. The highest BCUT2D eigenvalue weighted by atomic mass is 35.5. The predicted octanol–water partition coefficient (Wildman–Crippen LogP) is 3.46. The largest absolute Gasteiger partial charge is 0.343 e. The molecule has 0 unspecified atom stereocenters. The number of benzene rings is 2. The van der Waals surface area contributed by atoms with Crippen LogP contribution in [0.1, 0.15) is 35.3 Å². The van der Waals surface area contributed by atoms with E-state index in [-0.39, 0.29) is 5.91 Å². The summed E-state index contributed by atoms with van der Waals surface area (Å²) in [6.07, 6.45) is 0. The molecule has 3 nitrogen and oxygen atoms in total. The first kappa shape index (κ1) is 15.5. The molecule has 0 radical (unpaired) electrons. The molecular weight excluding hydrogens is 284 g/mol. The average Bonchev–Trinajstić information content (AvgIpc) is 2.47. The Morgan fingerprint density at radius 1 is 1.19 bits per heavy atom. The Labute approximate surface area is 130 Å². The molecule has 0 aliphatic carbocycles. The molecule has 0 aromatic heterocycles. The lowest BCUT2D eigenvalue weighted by Gasteiger charge is -2.27. The fourth-order valence-corrected chi connectivity index (χ4v) is 2.34. The van der Waals surface area contributed by atoms with E-state index >= 15 is 0 Å². The number of amides is 1. The zero-order valence-corrected chi connectivity index (χ0v) is 12.9. The highest BCUT2D eigenvalue weighted by molar-refractivity contribution is 6.30. The van der Waals surface area contributed by atoms with E-state index in [2.05, 4.69) is 5.32 Å². The molecule has 0 aliphatic heterocycles. The second-order valence-electron chi connectivity index (χ2n) is 5.49. The van der Waals surface area contributed by atoms with Gasteiger partial charge >= 0.3 is 0 Å². The topological polar surface area (TPSA) is 55.1 Å². The Kier molecular flexibility index (Phi) is 4.66. The molecular formula is C17H19ClN2O. The van der Waals surface area contributed by atoms with Gasteiger partial charge in [0.2, 0.25) is 0 Å². The molecule has 2 aromatic rings. The van der Waals surface area contributed by atoms with Gasteiger partial charge in [-0.2, -0.15) is 0 Å². The number of carbonyl (C=O) groups is 1. The van der Waals surface area contributed by atoms with Crippen molar-refractivity contribution in [3.63, 3.8) is 0 Å².